The van der Waals surface area contributed by atoms with Crippen molar-refractivity contribution >= 4 is 11.7 Å². The number of aromatic nitrogens is 2. The second-order valence-corrected chi connectivity index (χ2v) is 8.73. The lowest BCUT2D eigenvalue weighted by Crippen LogP contribution is -2.49. The van der Waals surface area contributed by atoms with Gasteiger partial charge in [-0.1, -0.05) is 32.0 Å². The first-order valence-corrected chi connectivity index (χ1v) is 10.7. The van der Waals surface area contributed by atoms with Crippen LogP contribution >= 0.6 is 0 Å². The number of hydrogen-bond acceptors (Lipinski definition) is 4. The van der Waals surface area contributed by atoms with Crippen LogP contribution in [0.3, 0.4) is 0 Å². The third kappa shape index (κ3) is 4.52. The number of nitrogens with zero attached hydrogens (tertiary/aromatic N) is 4. The van der Waals surface area contributed by atoms with Gasteiger partial charge in [-0.15, -0.1) is 0 Å². The van der Waals surface area contributed by atoms with Gasteiger partial charge in [-0.3, -0.25) is 4.79 Å². The topological polar surface area (TPSA) is 49.3 Å². The summed E-state index contributed by atoms with van der Waals surface area (Å²) in [7, 11) is 0. The zero-order chi connectivity index (χ0) is 22.3. The van der Waals surface area contributed by atoms with Gasteiger partial charge >= 0.3 is 6.18 Å². The van der Waals surface area contributed by atoms with Gasteiger partial charge in [-0.05, 0) is 30.9 Å². The standard InChI is InChI=1S/C23H27F3N4O/c1-14(2)21-27-15(3)12-20(28-21)29-8-10-30(11-9-29)22(31)18-13-17(18)16-6-4-5-7-19(16)23(24,25)26/h4-7,12,14,17-18H,8-11,13H2,1-3H3. The largest absolute Gasteiger partial charge is 0.416 e. The molecular formula is C23H27F3N4O. The number of alkyl halides is 3. The summed E-state index contributed by atoms with van der Waals surface area (Å²) < 4.78 is 40.0. The molecule has 5 nitrogen and oxygen atoms in total. The van der Waals surface area contributed by atoms with Crippen molar-refractivity contribution in [3.05, 3.63) is 53.0 Å². The third-order valence-electron chi connectivity index (χ3n) is 6.06. The molecule has 2 aromatic rings. The quantitative estimate of drug-likeness (QED) is 0.720. The fourth-order valence-corrected chi connectivity index (χ4v) is 4.28. The Morgan fingerprint density at radius 2 is 1.77 bits per heavy atom. The number of anilines is 1. The van der Waals surface area contributed by atoms with E-state index in [-0.39, 0.29) is 29.2 Å². The molecule has 0 radical (unpaired) electrons. The average molecular weight is 432 g/mol. The minimum absolute atomic E-state index is 0.0386. The molecule has 1 saturated heterocycles. The van der Waals surface area contributed by atoms with E-state index in [9.17, 15) is 18.0 Å². The van der Waals surface area contributed by atoms with Gasteiger partial charge in [0, 0.05) is 49.8 Å². The van der Waals surface area contributed by atoms with Crippen LogP contribution in [0.4, 0.5) is 19.0 Å². The van der Waals surface area contributed by atoms with Crippen molar-refractivity contribution in [3.8, 4) is 0 Å². The predicted octanol–water partition coefficient (Wildman–Crippen LogP) is 4.38. The second kappa shape index (κ2) is 8.13. The van der Waals surface area contributed by atoms with Gasteiger partial charge in [-0.25, -0.2) is 9.97 Å². The summed E-state index contributed by atoms with van der Waals surface area (Å²) in [6.45, 7) is 8.44. The van der Waals surface area contributed by atoms with Crippen molar-refractivity contribution < 1.29 is 18.0 Å². The monoisotopic (exact) mass is 432 g/mol. The Hall–Kier alpha value is -2.64. The molecule has 166 valence electrons. The highest BCUT2D eigenvalue weighted by Gasteiger charge is 2.49. The molecule has 31 heavy (non-hydrogen) atoms. The lowest BCUT2D eigenvalue weighted by atomic mass is 10.0. The Balaban J connectivity index is 1.39. The molecule has 0 N–H and O–H groups in total. The first kappa shape index (κ1) is 21.6. The van der Waals surface area contributed by atoms with E-state index in [0.29, 0.717) is 32.6 Å². The summed E-state index contributed by atoms with van der Waals surface area (Å²) >= 11 is 0. The molecule has 2 atom stereocenters. The number of piperazine rings is 1. The molecule has 0 bridgehead atoms. The predicted molar refractivity (Wildman–Crippen MR) is 112 cm³/mol. The molecule has 8 heteroatoms. The highest BCUT2D eigenvalue weighted by atomic mass is 19.4. The lowest BCUT2D eigenvalue weighted by Gasteiger charge is -2.36. The lowest BCUT2D eigenvalue weighted by molar-refractivity contribution is -0.138. The Labute approximate surface area is 180 Å². The summed E-state index contributed by atoms with van der Waals surface area (Å²) in [4.78, 5) is 26.0. The summed E-state index contributed by atoms with van der Waals surface area (Å²) in [5, 5.41) is 0. The summed E-state index contributed by atoms with van der Waals surface area (Å²) in [5.74, 6) is 1.16. The Morgan fingerprint density at radius 1 is 1.10 bits per heavy atom. The van der Waals surface area contributed by atoms with E-state index in [2.05, 4.69) is 28.7 Å². The Kier molecular flexibility index (Phi) is 5.66. The highest BCUT2D eigenvalue weighted by molar-refractivity contribution is 5.83. The van der Waals surface area contributed by atoms with Crippen molar-refractivity contribution in [2.24, 2.45) is 5.92 Å². The normalized spacial score (nSPS) is 21.5. The third-order valence-corrected chi connectivity index (χ3v) is 6.06. The maximum absolute atomic E-state index is 13.3. The van der Waals surface area contributed by atoms with Gasteiger partial charge in [0.1, 0.15) is 11.6 Å². The van der Waals surface area contributed by atoms with Gasteiger partial charge in [0.05, 0.1) is 5.56 Å². The van der Waals surface area contributed by atoms with Crippen molar-refractivity contribution in [2.75, 3.05) is 31.1 Å². The van der Waals surface area contributed by atoms with Gasteiger partial charge in [-0.2, -0.15) is 13.2 Å². The molecule has 1 amide bonds. The molecule has 2 fully saturated rings. The van der Waals surface area contributed by atoms with Crippen LogP contribution in [0.1, 0.15) is 54.7 Å². The first-order valence-electron chi connectivity index (χ1n) is 10.7. The van der Waals surface area contributed by atoms with Crippen LogP contribution in [0.15, 0.2) is 30.3 Å². The van der Waals surface area contributed by atoms with Crippen LogP contribution in [0, 0.1) is 12.8 Å². The fourth-order valence-electron chi connectivity index (χ4n) is 4.28. The van der Waals surface area contributed by atoms with E-state index in [0.717, 1.165) is 23.4 Å². The number of amides is 1. The summed E-state index contributed by atoms with van der Waals surface area (Å²) in [6, 6.07) is 7.56. The Bertz CT molecular complexity index is 968. The molecule has 0 spiro atoms. The maximum Gasteiger partial charge on any atom is 0.416 e. The molecular weight excluding hydrogens is 405 g/mol. The Morgan fingerprint density at radius 3 is 2.42 bits per heavy atom. The number of rotatable bonds is 4. The van der Waals surface area contributed by atoms with Gasteiger partial charge < -0.3 is 9.80 Å². The van der Waals surface area contributed by atoms with E-state index in [1.807, 2.05) is 13.0 Å². The average Bonchev–Trinajstić information content (AvgIpc) is 3.53. The van der Waals surface area contributed by atoms with E-state index >= 15 is 0 Å². The summed E-state index contributed by atoms with van der Waals surface area (Å²) in [5.41, 5.74) is 0.529. The molecule has 4 rings (SSSR count). The number of carbonyl (C=O) groups is 1. The first-order chi connectivity index (χ1) is 14.6. The zero-order valence-electron chi connectivity index (χ0n) is 18.0. The molecule has 1 aliphatic heterocycles. The molecule has 1 saturated carbocycles. The second-order valence-electron chi connectivity index (χ2n) is 8.73. The van der Waals surface area contributed by atoms with Crippen molar-refractivity contribution in [3.63, 3.8) is 0 Å². The molecule has 2 aliphatic rings. The van der Waals surface area contributed by atoms with Gasteiger partial charge in [0.25, 0.3) is 0 Å². The number of aryl methyl sites for hydroxylation is 1. The SMILES string of the molecule is Cc1cc(N2CCN(C(=O)C3CC3c3ccccc3C(F)(F)F)CC2)nc(C(C)C)n1. The molecule has 1 aliphatic carbocycles. The van der Waals surface area contributed by atoms with Gasteiger partial charge in [0.2, 0.25) is 5.91 Å². The number of benzene rings is 1. The van der Waals surface area contributed by atoms with Crippen LogP contribution in [-0.2, 0) is 11.0 Å². The minimum Gasteiger partial charge on any atom is -0.353 e. The smallest absolute Gasteiger partial charge is 0.353 e. The molecule has 1 aromatic carbocycles. The van der Waals surface area contributed by atoms with Crippen LogP contribution in [-0.4, -0.2) is 47.0 Å². The summed E-state index contributed by atoms with van der Waals surface area (Å²) in [6.07, 6.45) is -3.92. The van der Waals surface area contributed by atoms with E-state index in [1.165, 1.54) is 12.1 Å². The van der Waals surface area contributed by atoms with Crippen LogP contribution < -0.4 is 4.90 Å². The molecule has 1 aromatic heterocycles. The van der Waals surface area contributed by atoms with Crippen LogP contribution in [0.5, 0.6) is 0 Å². The van der Waals surface area contributed by atoms with Crippen LogP contribution in [0.25, 0.3) is 0 Å². The van der Waals surface area contributed by atoms with Gasteiger partial charge in [0.15, 0.2) is 0 Å². The van der Waals surface area contributed by atoms with Crippen molar-refractivity contribution in [1.29, 1.82) is 0 Å². The van der Waals surface area contributed by atoms with E-state index < -0.39 is 11.7 Å². The number of carbonyl (C=O) groups excluding carboxylic acids is 1. The number of halogens is 3. The fraction of sp³-hybridized carbons (Fsp3) is 0.522. The van der Waals surface area contributed by atoms with E-state index in [4.69, 9.17) is 0 Å². The highest BCUT2D eigenvalue weighted by Crippen LogP contribution is 2.51. The van der Waals surface area contributed by atoms with E-state index in [1.54, 1.807) is 11.0 Å². The molecule has 2 heterocycles. The van der Waals surface area contributed by atoms with Crippen molar-refractivity contribution in [2.45, 2.75) is 45.2 Å². The number of hydrogen-bond donors (Lipinski definition) is 0. The molecule has 2 unspecified atom stereocenters. The maximum atomic E-state index is 13.3. The minimum atomic E-state index is -4.40. The van der Waals surface area contributed by atoms with Crippen molar-refractivity contribution in [1.82, 2.24) is 14.9 Å². The van der Waals surface area contributed by atoms with Crippen LogP contribution in [0.2, 0.25) is 0 Å². The zero-order valence-corrected chi connectivity index (χ0v) is 18.0.